The minimum atomic E-state index is 0.705. The molecule has 0 amide bonds. The summed E-state index contributed by atoms with van der Waals surface area (Å²) in [7, 11) is 2.12. The summed E-state index contributed by atoms with van der Waals surface area (Å²) in [6, 6.07) is 6.05. The van der Waals surface area contributed by atoms with Gasteiger partial charge in [0.1, 0.15) is 0 Å². The van der Waals surface area contributed by atoms with Gasteiger partial charge in [-0.05, 0) is 37.2 Å². The van der Waals surface area contributed by atoms with Gasteiger partial charge in [-0.3, -0.25) is 0 Å². The van der Waals surface area contributed by atoms with E-state index in [1.165, 1.54) is 5.56 Å². The summed E-state index contributed by atoms with van der Waals surface area (Å²) < 4.78 is 1.03. The molecule has 0 aliphatic heterocycles. The summed E-state index contributed by atoms with van der Waals surface area (Å²) in [4.78, 5) is 2.28. The normalized spacial score (nSPS) is 11.5. The van der Waals surface area contributed by atoms with Crippen LogP contribution >= 0.6 is 27.5 Å². The highest BCUT2D eigenvalue weighted by Crippen LogP contribution is 2.22. The molecule has 2 nitrogen and oxygen atoms in total. The lowest BCUT2D eigenvalue weighted by Gasteiger charge is -2.18. The molecule has 0 fully saturated rings. The predicted molar refractivity (Wildman–Crippen MR) is 83.2 cm³/mol. The van der Waals surface area contributed by atoms with Crippen molar-refractivity contribution in [1.82, 2.24) is 10.2 Å². The molecule has 102 valence electrons. The Hall–Kier alpha value is -0.0900. The summed E-state index contributed by atoms with van der Waals surface area (Å²) in [5.41, 5.74) is 1.17. The predicted octanol–water partition coefficient (Wildman–Crippen LogP) is 3.78. The van der Waals surface area contributed by atoms with Crippen LogP contribution in [0.2, 0.25) is 5.02 Å². The van der Waals surface area contributed by atoms with Gasteiger partial charge in [-0.1, -0.05) is 47.4 Å². The monoisotopic (exact) mass is 332 g/mol. The minimum Gasteiger partial charge on any atom is -0.315 e. The molecular formula is C14H22BrClN2. The molecule has 0 bridgehead atoms. The van der Waals surface area contributed by atoms with Crippen LogP contribution in [0.25, 0.3) is 0 Å². The summed E-state index contributed by atoms with van der Waals surface area (Å²) in [6.45, 7) is 8.45. The molecular weight excluding hydrogens is 312 g/mol. The third kappa shape index (κ3) is 6.19. The highest BCUT2D eigenvalue weighted by Gasteiger charge is 2.05. The number of hydrogen-bond acceptors (Lipinski definition) is 2. The van der Waals surface area contributed by atoms with Gasteiger partial charge in [0.15, 0.2) is 0 Å². The summed E-state index contributed by atoms with van der Waals surface area (Å²) >= 11 is 9.62. The Morgan fingerprint density at radius 2 is 2.11 bits per heavy atom. The first-order chi connectivity index (χ1) is 8.49. The maximum absolute atomic E-state index is 6.20. The SMILES string of the molecule is CC(C)CNCCN(C)Cc1ccc(Br)cc1Cl. The largest absolute Gasteiger partial charge is 0.315 e. The van der Waals surface area contributed by atoms with Crippen molar-refractivity contribution in [2.45, 2.75) is 20.4 Å². The van der Waals surface area contributed by atoms with Crippen LogP contribution in [0.3, 0.4) is 0 Å². The second-order valence-electron chi connectivity index (χ2n) is 5.07. The molecule has 0 unspecified atom stereocenters. The highest BCUT2D eigenvalue weighted by molar-refractivity contribution is 9.10. The maximum atomic E-state index is 6.20. The molecule has 0 aromatic heterocycles. The first-order valence-corrected chi connectivity index (χ1v) is 7.49. The van der Waals surface area contributed by atoms with Crippen molar-refractivity contribution >= 4 is 27.5 Å². The average molecular weight is 334 g/mol. The number of nitrogens with one attached hydrogen (secondary N) is 1. The van der Waals surface area contributed by atoms with Crippen molar-refractivity contribution in [2.24, 2.45) is 5.92 Å². The maximum Gasteiger partial charge on any atom is 0.0462 e. The smallest absolute Gasteiger partial charge is 0.0462 e. The molecule has 4 heteroatoms. The van der Waals surface area contributed by atoms with Crippen LogP contribution < -0.4 is 5.32 Å². The third-order valence-electron chi connectivity index (χ3n) is 2.68. The van der Waals surface area contributed by atoms with Crippen molar-refractivity contribution in [1.29, 1.82) is 0 Å². The molecule has 0 heterocycles. The first-order valence-electron chi connectivity index (χ1n) is 6.32. The molecule has 0 aliphatic carbocycles. The van der Waals surface area contributed by atoms with Crippen LogP contribution in [0.4, 0.5) is 0 Å². The first kappa shape index (κ1) is 16.0. The molecule has 0 saturated heterocycles. The number of likely N-dealkylation sites (N-methyl/N-ethyl adjacent to an activating group) is 1. The second-order valence-corrected chi connectivity index (χ2v) is 6.39. The van der Waals surface area contributed by atoms with E-state index in [1.54, 1.807) is 0 Å². The fraction of sp³-hybridized carbons (Fsp3) is 0.571. The molecule has 0 atom stereocenters. The summed E-state index contributed by atoms with van der Waals surface area (Å²) in [5.74, 6) is 0.705. The Labute approximate surface area is 124 Å². The highest BCUT2D eigenvalue weighted by atomic mass is 79.9. The topological polar surface area (TPSA) is 15.3 Å². The van der Waals surface area contributed by atoms with Crippen LogP contribution in [0.1, 0.15) is 19.4 Å². The zero-order valence-corrected chi connectivity index (χ0v) is 13.7. The van der Waals surface area contributed by atoms with Gasteiger partial charge in [0, 0.05) is 29.1 Å². The lowest BCUT2D eigenvalue weighted by molar-refractivity contribution is 0.322. The zero-order chi connectivity index (χ0) is 13.5. The molecule has 1 aromatic carbocycles. The molecule has 0 aliphatic rings. The van der Waals surface area contributed by atoms with Crippen molar-refractivity contribution in [2.75, 3.05) is 26.7 Å². The molecule has 1 aromatic rings. The van der Waals surface area contributed by atoms with Crippen LogP contribution in [0.15, 0.2) is 22.7 Å². The quantitative estimate of drug-likeness (QED) is 0.764. The van der Waals surface area contributed by atoms with Crippen LogP contribution in [-0.4, -0.2) is 31.6 Å². The third-order valence-corrected chi connectivity index (χ3v) is 3.52. The van der Waals surface area contributed by atoms with E-state index in [2.05, 4.69) is 53.1 Å². The van der Waals surface area contributed by atoms with Crippen molar-refractivity contribution < 1.29 is 0 Å². The standard InChI is InChI=1S/C14H22BrClN2/c1-11(2)9-17-6-7-18(3)10-12-4-5-13(15)8-14(12)16/h4-5,8,11,17H,6-7,9-10H2,1-3H3. The van der Waals surface area contributed by atoms with Crippen molar-refractivity contribution in [3.05, 3.63) is 33.3 Å². The second kappa shape index (κ2) is 8.16. The fourth-order valence-electron chi connectivity index (χ4n) is 1.68. The van der Waals surface area contributed by atoms with Gasteiger partial charge in [0.2, 0.25) is 0 Å². The molecule has 0 radical (unpaired) electrons. The average Bonchev–Trinajstić information content (AvgIpc) is 2.28. The van der Waals surface area contributed by atoms with E-state index in [-0.39, 0.29) is 0 Å². The number of hydrogen-bond donors (Lipinski definition) is 1. The lowest BCUT2D eigenvalue weighted by atomic mass is 10.2. The van der Waals surface area contributed by atoms with Crippen molar-refractivity contribution in [3.63, 3.8) is 0 Å². The number of nitrogens with zero attached hydrogens (tertiary/aromatic N) is 1. The van der Waals surface area contributed by atoms with Gasteiger partial charge < -0.3 is 10.2 Å². The van der Waals surface area contributed by atoms with Crippen LogP contribution in [0, 0.1) is 5.92 Å². The van der Waals surface area contributed by atoms with Crippen molar-refractivity contribution in [3.8, 4) is 0 Å². The van der Waals surface area contributed by atoms with E-state index in [0.29, 0.717) is 5.92 Å². The number of halogens is 2. The van der Waals surface area contributed by atoms with E-state index in [4.69, 9.17) is 11.6 Å². The van der Waals surface area contributed by atoms with Crippen LogP contribution in [0.5, 0.6) is 0 Å². The Bertz CT molecular complexity index is 369. The molecule has 1 N–H and O–H groups in total. The molecule has 1 rings (SSSR count). The summed E-state index contributed by atoms with van der Waals surface area (Å²) in [5, 5.41) is 4.27. The van der Waals surface area contributed by atoms with E-state index in [9.17, 15) is 0 Å². The van der Waals surface area contributed by atoms with Gasteiger partial charge >= 0.3 is 0 Å². The summed E-state index contributed by atoms with van der Waals surface area (Å²) in [6.07, 6.45) is 0. The Morgan fingerprint density at radius 1 is 1.39 bits per heavy atom. The lowest BCUT2D eigenvalue weighted by Crippen LogP contribution is -2.30. The Balaban J connectivity index is 2.33. The van der Waals surface area contributed by atoms with Gasteiger partial charge in [-0.15, -0.1) is 0 Å². The van der Waals surface area contributed by atoms with Gasteiger partial charge in [0.05, 0.1) is 0 Å². The molecule has 18 heavy (non-hydrogen) atoms. The van der Waals surface area contributed by atoms with Crippen LogP contribution in [-0.2, 0) is 6.54 Å². The number of rotatable bonds is 7. The van der Waals surface area contributed by atoms with E-state index in [0.717, 1.165) is 35.7 Å². The molecule has 0 saturated carbocycles. The Morgan fingerprint density at radius 3 is 2.72 bits per heavy atom. The molecule has 0 spiro atoms. The van der Waals surface area contributed by atoms with Gasteiger partial charge in [-0.25, -0.2) is 0 Å². The van der Waals surface area contributed by atoms with Gasteiger partial charge in [-0.2, -0.15) is 0 Å². The van der Waals surface area contributed by atoms with E-state index >= 15 is 0 Å². The fourth-order valence-corrected chi connectivity index (χ4v) is 2.41. The Kier molecular flexibility index (Phi) is 7.23. The zero-order valence-electron chi connectivity index (χ0n) is 11.3. The van der Waals surface area contributed by atoms with E-state index < -0.39 is 0 Å². The van der Waals surface area contributed by atoms with Gasteiger partial charge in [0.25, 0.3) is 0 Å². The number of benzene rings is 1. The van der Waals surface area contributed by atoms with E-state index in [1.807, 2.05) is 12.1 Å². The minimum absolute atomic E-state index is 0.705.